The fourth-order valence-electron chi connectivity index (χ4n) is 4.09. The lowest BCUT2D eigenvalue weighted by molar-refractivity contribution is 0.0656. The normalized spacial score (nSPS) is 12.6. The number of aryl methyl sites for hydroxylation is 1. The quantitative estimate of drug-likeness (QED) is 0.354. The first-order chi connectivity index (χ1) is 17.4. The Hall–Kier alpha value is -4.30. The summed E-state index contributed by atoms with van der Waals surface area (Å²) in [5.41, 5.74) is 4.35. The van der Waals surface area contributed by atoms with E-state index in [2.05, 4.69) is 10.3 Å². The van der Waals surface area contributed by atoms with Gasteiger partial charge in [0.1, 0.15) is 5.75 Å². The second-order valence-corrected chi connectivity index (χ2v) is 9.47. The molecule has 2 heterocycles. The molecule has 7 nitrogen and oxygen atoms in total. The summed E-state index contributed by atoms with van der Waals surface area (Å²) < 4.78 is 5.16. The van der Waals surface area contributed by atoms with Gasteiger partial charge in [0.15, 0.2) is 0 Å². The summed E-state index contributed by atoms with van der Waals surface area (Å²) in [4.78, 5) is 44.4. The molecule has 1 aromatic heterocycles. The van der Waals surface area contributed by atoms with Crippen LogP contribution in [-0.4, -0.2) is 41.3 Å². The maximum atomic E-state index is 13.0. The number of rotatable bonds is 7. The van der Waals surface area contributed by atoms with Gasteiger partial charge in [0.25, 0.3) is 17.7 Å². The van der Waals surface area contributed by atoms with Crippen LogP contribution in [-0.2, 0) is 6.42 Å². The number of thiazole rings is 1. The Balaban J connectivity index is 1.26. The van der Waals surface area contributed by atoms with Crippen molar-refractivity contribution in [1.82, 2.24) is 9.88 Å². The van der Waals surface area contributed by atoms with Gasteiger partial charge < -0.3 is 10.1 Å². The molecule has 0 spiro atoms. The van der Waals surface area contributed by atoms with Crippen molar-refractivity contribution in [2.24, 2.45) is 0 Å². The summed E-state index contributed by atoms with van der Waals surface area (Å²) in [5.74, 6) is -0.341. The number of hydrogen-bond donors (Lipinski definition) is 1. The smallest absolute Gasteiger partial charge is 0.261 e. The van der Waals surface area contributed by atoms with E-state index in [0.717, 1.165) is 27.6 Å². The molecule has 4 aromatic rings. The van der Waals surface area contributed by atoms with Crippen molar-refractivity contribution in [3.8, 4) is 17.0 Å². The molecule has 0 radical (unpaired) electrons. The lowest BCUT2D eigenvalue weighted by atomic mass is 10.1. The predicted molar refractivity (Wildman–Crippen MR) is 139 cm³/mol. The molecule has 0 unspecified atom stereocenters. The number of aromatic nitrogens is 1. The number of carbonyl (C=O) groups excluding carboxylic acids is 3. The number of nitrogens with zero attached hydrogens (tertiary/aromatic N) is 2. The third-order valence-electron chi connectivity index (χ3n) is 6.07. The van der Waals surface area contributed by atoms with Gasteiger partial charge in [-0.05, 0) is 61.4 Å². The number of benzene rings is 3. The maximum Gasteiger partial charge on any atom is 0.261 e. The summed E-state index contributed by atoms with van der Waals surface area (Å²) in [5, 5.41) is 5.83. The molecular formula is C28H23N3O4S. The molecule has 0 saturated carbocycles. The number of nitrogens with one attached hydrogen (secondary N) is 1. The Labute approximate surface area is 212 Å². The van der Waals surface area contributed by atoms with Crippen molar-refractivity contribution in [3.63, 3.8) is 0 Å². The van der Waals surface area contributed by atoms with E-state index in [-0.39, 0.29) is 29.8 Å². The summed E-state index contributed by atoms with van der Waals surface area (Å²) in [7, 11) is 1.60. The van der Waals surface area contributed by atoms with Crippen molar-refractivity contribution in [2.45, 2.75) is 13.3 Å². The first-order valence-electron chi connectivity index (χ1n) is 11.4. The molecule has 36 heavy (non-hydrogen) atoms. The summed E-state index contributed by atoms with van der Waals surface area (Å²) in [6.07, 6.45) is 0.527. The molecule has 1 N–H and O–H groups in total. The van der Waals surface area contributed by atoms with Crippen LogP contribution in [0.4, 0.5) is 5.69 Å². The van der Waals surface area contributed by atoms with Crippen LogP contribution in [0.15, 0.2) is 72.1 Å². The van der Waals surface area contributed by atoms with E-state index in [4.69, 9.17) is 4.74 Å². The number of fused-ring (bicyclic) bond motifs is 1. The van der Waals surface area contributed by atoms with E-state index in [1.807, 2.05) is 60.8 Å². The second kappa shape index (κ2) is 9.75. The molecule has 0 saturated heterocycles. The van der Waals surface area contributed by atoms with Crippen LogP contribution < -0.4 is 10.1 Å². The highest BCUT2D eigenvalue weighted by Crippen LogP contribution is 2.26. The monoisotopic (exact) mass is 497 g/mol. The average Bonchev–Trinajstić information content (AvgIpc) is 3.44. The number of methoxy groups -OCH3 is 1. The van der Waals surface area contributed by atoms with Gasteiger partial charge in [-0.2, -0.15) is 0 Å². The molecule has 3 amide bonds. The van der Waals surface area contributed by atoms with E-state index >= 15 is 0 Å². The van der Waals surface area contributed by atoms with Crippen LogP contribution in [0.1, 0.15) is 41.6 Å². The second-order valence-electron chi connectivity index (χ2n) is 8.40. The van der Waals surface area contributed by atoms with Gasteiger partial charge in [0.2, 0.25) is 0 Å². The first-order valence-corrected chi connectivity index (χ1v) is 12.3. The first kappa shape index (κ1) is 23.4. The van der Waals surface area contributed by atoms with Crippen LogP contribution in [0.25, 0.3) is 11.3 Å². The molecule has 0 fully saturated rings. The van der Waals surface area contributed by atoms with Gasteiger partial charge in [-0.3, -0.25) is 19.3 Å². The highest BCUT2D eigenvalue weighted by atomic mass is 32.1. The SMILES string of the molecule is COc1ccc(CCN2C(=O)c3ccc(C(=O)Nc4ccc(-c5csc(C)n5)cc4)cc3C2=O)cc1. The van der Waals surface area contributed by atoms with Gasteiger partial charge in [-0.1, -0.05) is 24.3 Å². The van der Waals surface area contributed by atoms with Gasteiger partial charge in [0, 0.05) is 28.7 Å². The minimum absolute atomic E-state index is 0.247. The zero-order chi connectivity index (χ0) is 25.2. The van der Waals surface area contributed by atoms with Gasteiger partial charge >= 0.3 is 0 Å². The van der Waals surface area contributed by atoms with Crippen molar-refractivity contribution in [3.05, 3.63) is 99.4 Å². The zero-order valence-electron chi connectivity index (χ0n) is 19.8. The van der Waals surface area contributed by atoms with Gasteiger partial charge in [-0.15, -0.1) is 11.3 Å². The number of ether oxygens (including phenoxy) is 1. The molecule has 0 bridgehead atoms. The summed E-state index contributed by atoms with van der Waals surface area (Å²) in [6, 6.07) is 19.5. The number of hydrogen-bond acceptors (Lipinski definition) is 6. The highest BCUT2D eigenvalue weighted by molar-refractivity contribution is 7.09. The Morgan fingerprint density at radius 1 is 0.972 bits per heavy atom. The third kappa shape index (κ3) is 4.63. The molecule has 1 aliphatic rings. The van der Waals surface area contributed by atoms with Gasteiger partial charge in [0.05, 0.1) is 28.9 Å². The molecular weight excluding hydrogens is 474 g/mol. The van der Waals surface area contributed by atoms with Crippen LogP contribution in [0, 0.1) is 6.92 Å². The van der Waals surface area contributed by atoms with Gasteiger partial charge in [-0.25, -0.2) is 4.98 Å². The van der Waals surface area contributed by atoms with Crippen molar-refractivity contribution in [1.29, 1.82) is 0 Å². The minimum Gasteiger partial charge on any atom is -0.497 e. The maximum absolute atomic E-state index is 13.0. The Kier molecular flexibility index (Phi) is 6.35. The molecule has 8 heteroatoms. The van der Waals surface area contributed by atoms with Crippen LogP contribution in [0.3, 0.4) is 0 Å². The number of anilines is 1. The fourth-order valence-corrected chi connectivity index (χ4v) is 4.71. The van der Waals surface area contributed by atoms with Crippen molar-refractivity contribution >= 4 is 34.7 Å². The van der Waals surface area contributed by atoms with Crippen molar-refractivity contribution < 1.29 is 19.1 Å². The standard InChI is InChI=1S/C28H23N3O4S/c1-17-29-25(16-36-17)19-5-8-21(9-6-19)30-26(32)20-7-12-23-24(15-20)28(34)31(27(23)33)14-13-18-3-10-22(35-2)11-4-18/h3-12,15-16H,13-14H2,1-2H3,(H,30,32). The average molecular weight is 498 g/mol. The lowest BCUT2D eigenvalue weighted by Crippen LogP contribution is -2.31. The van der Waals surface area contributed by atoms with Crippen LogP contribution in [0.2, 0.25) is 0 Å². The van der Waals surface area contributed by atoms with E-state index < -0.39 is 0 Å². The summed E-state index contributed by atoms with van der Waals surface area (Å²) >= 11 is 1.58. The molecule has 1 aliphatic heterocycles. The Morgan fingerprint density at radius 3 is 2.36 bits per heavy atom. The largest absolute Gasteiger partial charge is 0.497 e. The predicted octanol–water partition coefficient (Wildman–Crippen LogP) is 5.22. The topological polar surface area (TPSA) is 88.6 Å². The Bertz CT molecular complexity index is 1460. The van der Waals surface area contributed by atoms with Crippen LogP contribution in [0.5, 0.6) is 5.75 Å². The fraction of sp³-hybridized carbons (Fsp3) is 0.143. The molecule has 0 atom stereocenters. The number of imide groups is 1. The Morgan fingerprint density at radius 2 is 1.69 bits per heavy atom. The number of carbonyl (C=O) groups is 3. The van der Waals surface area contributed by atoms with E-state index in [0.29, 0.717) is 23.2 Å². The third-order valence-corrected chi connectivity index (χ3v) is 6.85. The molecule has 180 valence electrons. The molecule has 5 rings (SSSR count). The van der Waals surface area contributed by atoms with E-state index in [1.54, 1.807) is 30.6 Å². The van der Waals surface area contributed by atoms with Crippen LogP contribution >= 0.6 is 11.3 Å². The highest BCUT2D eigenvalue weighted by Gasteiger charge is 2.35. The van der Waals surface area contributed by atoms with E-state index in [1.165, 1.54) is 11.0 Å². The summed E-state index contributed by atoms with van der Waals surface area (Å²) in [6.45, 7) is 2.21. The number of amides is 3. The molecule has 3 aromatic carbocycles. The lowest BCUT2D eigenvalue weighted by Gasteiger charge is -2.13. The van der Waals surface area contributed by atoms with Crippen molar-refractivity contribution in [2.75, 3.05) is 19.0 Å². The molecule has 0 aliphatic carbocycles. The zero-order valence-corrected chi connectivity index (χ0v) is 20.6. The van der Waals surface area contributed by atoms with E-state index in [9.17, 15) is 14.4 Å². The minimum atomic E-state index is -0.388.